The zero-order valence-corrected chi connectivity index (χ0v) is 30.0. The van der Waals surface area contributed by atoms with E-state index >= 15 is 0 Å². The van der Waals surface area contributed by atoms with Gasteiger partial charge in [-0.1, -0.05) is 78.9 Å². The quantitative estimate of drug-likeness (QED) is 0.171. The molecule has 0 saturated carbocycles. The Morgan fingerprint density at radius 1 is 0.321 bits per heavy atom. The normalized spacial score (nSPS) is 11.6. The fourth-order valence-electron chi connectivity index (χ4n) is 7.95. The van der Waals surface area contributed by atoms with Gasteiger partial charge >= 0.3 is 0 Å². The topological polar surface area (TPSA) is 74.3 Å². The van der Waals surface area contributed by atoms with E-state index in [1.165, 1.54) is 16.2 Å². The number of fused-ring (bicyclic) bond motifs is 6. The number of pyridine rings is 3. The molecule has 0 bridgehead atoms. The van der Waals surface area contributed by atoms with Crippen LogP contribution in [-0.2, 0) is 0 Å². The first-order chi connectivity index (χ1) is 27.8. The molecule has 11 aromatic rings. The fourth-order valence-corrected chi connectivity index (χ4v) is 7.95. The van der Waals surface area contributed by atoms with Crippen LogP contribution < -0.4 is 0 Å². The standard InChI is InChI=1S/C49H31N7/c1-2-13-35(14-3-1)56-46-24-22-32(29-40(46)39-17-11-27-52-49(39)56)33-21-23-38-37-16-4-5-20-45(37)55(47(38)30-33)36-15-10-12-34(28-36)43-31-44(41-18-6-8-25-50-41)54-48(53-43)42-19-7-9-26-51-42/h1-31H. The molecule has 6 aromatic heterocycles. The first-order valence-electron chi connectivity index (χ1n) is 18.6. The van der Waals surface area contributed by atoms with Gasteiger partial charge in [-0.25, -0.2) is 15.0 Å². The minimum Gasteiger partial charge on any atom is -0.309 e. The smallest absolute Gasteiger partial charge is 0.179 e. The van der Waals surface area contributed by atoms with Crippen LogP contribution in [0.4, 0.5) is 0 Å². The number of rotatable bonds is 6. The maximum Gasteiger partial charge on any atom is 0.179 e. The highest BCUT2D eigenvalue weighted by atomic mass is 15.0. The summed E-state index contributed by atoms with van der Waals surface area (Å²) in [5, 5.41) is 4.69. The van der Waals surface area contributed by atoms with Crippen molar-refractivity contribution in [1.82, 2.24) is 34.1 Å². The molecule has 0 spiro atoms. The maximum atomic E-state index is 5.05. The lowest BCUT2D eigenvalue weighted by molar-refractivity contribution is 1.13. The van der Waals surface area contributed by atoms with E-state index in [0.717, 1.165) is 72.7 Å². The summed E-state index contributed by atoms with van der Waals surface area (Å²) in [6.07, 6.45) is 5.42. The van der Waals surface area contributed by atoms with Gasteiger partial charge in [0.15, 0.2) is 5.82 Å². The minimum atomic E-state index is 0.551. The van der Waals surface area contributed by atoms with Crippen molar-refractivity contribution in [2.75, 3.05) is 0 Å². The van der Waals surface area contributed by atoms with E-state index in [9.17, 15) is 0 Å². The van der Waals surface area contributed by atoms with E-state index in [0.29, 0.717) is 11.5 Å². The average Bonchev–Trinajstić information content (AvgIpc) is 3.79. The second kappa shape index (κ2) is 13.0. The average molecular weight is 718 g/mol. The molecule has 0 N–H and O–H groups in total. The molecule has 0 amide bonds. The largest absolute Gasteiger partial charge is 0.309 e. The number of benzene rings is 5. The maximum absolute atomic E-state index is 5.05. The molecule has 0 aliphatic heterocycles. The van der Waals surface area contributed by atoms with Crippen molar-refractivity contribution in [2.24, 2.45) is 0 Å². The van der Waals surface area contributed by atoms with Gasteiger partial charge in [0.25, 0.3) is 0 Å². The molecule has 7 nitrogen and oxygen atoms in total. The van der Waals surface area contributed by atoms with Crippen molar-refractivity contribution in [2.45, 2.75) is 0 Å². The Morgan fingerprint density at radius 3 is 1.86 bits per heavy atom. The van der Waals surface area contributed by atoms with E-state index in [1.54, 1.807) is 12.4 Å². The summed E-state index contributed by atoms with van der Waals surface area (Å²) in [6.45, 7) is 0. The van der Waals surface area contributed by atoms with Gasteiger partial charge in [0.05, 0.1) is 33.6 Å². The van der Waals surface area contributed by atoms with Crippen LogP contribution in [0.15, 0.2) is 188 Å². The van der Waals surface area contributed by atoms with Crippen LogP contribution in [0.5, 0.6) is 0 Å². The lowest BCUT2D eigenvalue weighted by atomic mass is 10.0. The highest BCUT2D eigenvalue weighted by Crippen LogP contribution is 2.38. The third-order valence-corrected chi connectivity index (χ3v) is 10.5. The van der Waals surface area contributed by atoms with Crippen LogP contribution in [0.1, 0.15) is 0 Å². The van der Waals surface area contributed by atoms with Crippen molar-refractivity contribution in [3.63, 3.8) is 0 Å². The Labute approximate surface area is 321 Å². The highest BCUT2D eigenvalue weighted by molar-refractivity contribution is 6.12. The molecule has 6 heterocycles. The molecule has 5 aromatic carbocycles. The van der Waals surface area contributed by atoms with Crippen LogP contribution in [0.2, 0.25) is 0 Å². The van der Waals surface area contributed by atoms with Gasteiger partial charge in [-0.05, 0) is 102 Å². The van der Waals surface area contributed by atoms with Crippen LogP contribution in [0.25, 0.3) is 100 Å². The number of hydrogen-bond acceptors (Lipinski definition) is 5. The summed E-state index contributed by atoms with van der Waals surface area (Å²) in [4.78, 5) is 23.9. The molecule has 0 aliphatic carbocycles. The molecule has 0 aliphatic rings. The zero-order valence-electron chi connectivity index (χ0n) is 30.0. The third-order valence-electron chi connectivity index (χ3n) is 10.5. The summed E-state index contributed by atoms with van der Waals surface area (Å²) >= 11 is 0. The van der Waals surface area contributed by atoms with Crippen molar-refractivity contribution in [3.8, 4) is 56.7 Å². The molecule has 56 heavy (non-hydrogen) atoms. The number of hydrogen-bond donors (Lipinski definition) is 0. The summed E-state index contributed by atoms with van der Waals surface area (Å²) in [6, 6.07) is 59.1. The van der Waals surface area contributed by atoms with Gasteiger partial charge in [0, 0.05) is 57.1 Å². The molecular formula is C49H31N7. The van der Waals surface area contributed by atoms with E-state index < -0.39 is 0 Å². The van der Waals surface area contributed by atoms with E-state index in [4.69, 9.17) is 15.0 Å². The first kappa shape index (κ1) is 31.7. The summed E-state index contributed by atoms with van der Waals surface area (Å²) in [5.41, 5.74) is 12.7. The van der Waals surface area contributed by atoms with Crippen molar-refractivity contribution in [1.29, 1.82) is 0 Å². The molecule has 0 saturated heterocycles. The second-order valence-corrected chi connectivity index (χ2v) is 13.8. The number of nitrogens with zero attached hydrogens (tertiary/aromatic N) is 7. The van der Waals surface area contributed by atoms with E-state index in [2.05, 4.69) is 134 Å². The highest BCUT2D eigenvalue weighted by Gasteiger charge is 2.18. The summed E-state index contributed by atoms with van der Waals surface area (Å²) < 4.78 is 4.61. The predicted molar refractivity (Wildman–Crippen MR) is 226 cm³/mol. The lowest BCUT2D eigenvalue weighted by Crippen LogP contribution is -1.99. The summed E-state index contributed by atoms with van der Waals surface area (Å²) in [7, 11) is 0. The first-order valence-corrected chi connectivity index (χ1v) is 18.6. The van der Waals surface area contributed by atoms with E-state index in [-0.39, 0.29) is 0 Å². The van der Waals surface area contributed by atoms with Gasteiger partial charge in [-0.15, -0.1) is 0 Å². The molecule has 7 heteroatoms. The fraction of sp³-hybridized carbons (Fsp3) is 0. The molecule has 262 valence electrons. The van der Waals surface area contributed by atoms with Gasteiger partial charge in [-0.2, -0.15) is 0 Å². The van der Waals surface area contributed by atoms with E-state index in [1.807, 2.05) is 60.8 Å². The minimum absolute atomic E-state index is 0.551. The molecule has 11 rings (SSSR count). The Kier molecular flexibility index (Phi) is 7.35. The SMILES string of the molecule is c1ccc(-n2c3ccc(-c4ccc5c6ccccc6n(-c6cccc(-c7cc(-c8ccccn8)nc(-c8ccccn8)n7)c6)c5c4)cc3c3cccnc32)cc1. The molecular weight excluding hydrogens is 687 g/mol. The van der Waals surface area contributed by atoms with Crippen LogP contribution in [0.3, 0.4) is 0 Å². The third kappa shape index (κ3) is 5.25. The Balaban J connectivity index is 1.08. The van der Waals surface area contributed by atoms with Crippen molar-refractivity contribution in [3.05, 3.63) is 188 Å². The molecule has 0 radical (unpaired) electrons. The Hall–Kier alpha value is -7.77. The molecule has 0 atom stereocenters. The van der Waals surface area contributed by atoms with Gasteiger partial charge in [-0.3, -0.25) is 14.5 Å². The van der Waals surface area contributed by atoms with Crippen molar-refractivity contribution >= 4 is 43.7 Å². The van der Waals surface area contributed by atoms with Crippen LogP contribution >= 0.6 is 0 Å². The lowest BCUT2D eigenvalue weighted by Gasteiger charge is -2.12. The van der Waals surface area contributed by atoms with Gasteiger partial charge in [0.2, 0.25) is 0 Å². The Bertz CT molecular complexity index is 3180. The predicted octanol–water partition coefficient (Wildman–Crippen LogP) is 11.5. The monoisotopic (exact) mass is 717 g/mol. The molecule has 0 fully saturated rings. The van der Waals surface area contributed by atoms with Gasteiger partial charge < -0.3 is 4.57 Å². The Morgan fingerprint density at radius 2 is 1.00 bits per heavy atom. The van der Waals surface area contributed by atoms with Crippen LogP contribution in [-0.4, -0.2) is 34.1 Å². The van der Waals surface area contributed by atoms with Gasteiger partial charge in [0.1, 0.15) is 11.3 Å². The number of para-hydroxylation sites is 2. The summed E-state index contributed by atoms with van der Waals surface area (Å²) in [5.74, 6) is 0.551. The zero-order chi connectivity index (χ0) is 37.0. The number of aromatic nitrogens is 7. The van der Waals surface area contributed by atoms with Crippen LogP contribution in [0, 0.1) is 0 Å². The second-order valence-electron chi connectivity index (χ2n) is 13.8. The van der Waals surface area contributed by atoms with Crippen molar-refractivity contribution < 1.29 is 0 Å². The molecule has 0 unspecified atom stereocenters.